The van der Waals surface area contributed by atoms with E-state index in [1.165, 1.54) is 12.1 Å². The quantitative estimate of drug-likeness (QED) is 0.649. The van der Waals surface area contributed by atoms with E-state index >= 15 is 0 Å². The first-order chi connectivity index (χ1) is 9.01. The lowest BCUT2D eigenvalue weighted by atomic mass is 10.1. The molecule has 0 bridgehead atoms. The topological polar surface area (TPSA) is 55.6 Å². The van der Waals surface area contributed by atoms with Gasteiger partial charge in [0.25, 0.3) is 5.91 Å². The maximum Gasteiger partial charge on any atom is 0.254 e. The Morgan fingerprint density at radius 3 is 2.53 bits per heavy atom. The number of ether oxygens (including phenoxy) is 1. The Labute approximate surface area is 122 Å². The van der Waals surface area contributed by atoms with Crippen LogP contribution in [0.2, 0.25) is 10.0 Å². The number of rotatable bonds is 6. The summed E-state index contributed by atoms with van der Waals surface area (Å²) in [7, 11) is 1.58. The first-order valence-electron chi connectivity index (χ1n) is 5.64. The van der Waals surface area contributed by atoms with Crippen molar-refractivity contribution >= 4 is 34.8 Å². The van der Waals surface area contributed by atoms with Gasteiger partial charge in [-0.2, -0.15) is 0 Å². The Bertz CT molecular complexity index is 455. The number of amides is 1. The largest absolute Gasteiger partial charge is 0.396 e. The molecule has 6 heteroatoms. The third-order valence-corrected chi connectivity index (χ3v) is 3.15. The predicted octanol–water partition coefficient (Wildman–Crippen LogP) is 2.85. The number of halogens is 2. The monoisotopic (exact) mass is 302 g/mol. The fourth-order valence-electron chi connectivity index (χ4n) is 1.52. The highest BCUT2D eigenvalue weighted by Crippen LogP contribution is 2.29. The number of anilines is 1. The number of carbonyl (C=O) groups is 1. The molecule has 0 atom stereocenters. The second kappa shape index (κ2) is 7.38. The molecule has 104 valence electrons. The van der Waals surface area contributed by atoms with Gasteiger partial charge in [-0.3, -0.25) is 4.79 Å². The molecule has 0 unspecified atom stereocenters. The third kappa shape index (κ3) is 4.13. The van der Waals surface area contributed by atoms with Crippen LogP contribution in [0.3, 0.4) is 0 Å². The molecule has 1 amide bonds. The minimum absolute atomic E-state index is 0.194. The highest BCUT2D eigenvalue weighted by atomic mass is 35.5. The van der Waals surface area contributed by atoms with Crippen LogP contribution in [0.15, 0.2) is 24.8 Å². The number of methoxy groups -OCH3 is 1. The van der Waals surface area contributed by atoms with Gasteiger partial charge in [0.15, 0.2) is 0 Å². The first-order valence-corrected chi connectivity index (χ1v) is 6.40. The van der Waals surface area contributed by atoms with E-state index in [1.54, 1.807) is 18.1 Å². The molecule has 1 rings (SSSR count). The summed E-state index contributed by atoms with van der Waals surface area (Å²) >= 11 is 11.8. The molecular weight excluding hydrogens is 287 g/mol. The van der Waals surface area contributed by atoms with Crippen molar-refractivity contribution in [3.63, 3.8) is 0 Å². The summed E-state index contributed by atoms with van der Waals surface area (Å²) in [6.07, 6.45) is 1.65. The SMILES string of the molecule is C=CCN(CCOC)C(=O)c1cc(Cl)c(N)c(Cl)c1. The van der Waals surface area contributed by atoms with Crippen LogP contribution in [-0.4, -0.2) is 37.6 Å². The summed E-state index contributed by atoms with van der Waals surface area (Å²) in [5, 5.41) is 0.530. The molecule has 2 N–H and O–H groups in total. The molecule has 4 nitrogen and oxygen atoms in total. The molecule has 1 aromatic carbocycles. The molecule has 0 radical (unpaired) electrons. The van der Waals surface area contributed by atoms with Gasteiger partial charge in [0.05, 0.1) is 22.3 Å². The molecule has 0 aliphatic heterocycles. The van der Waals surface area contributed by atoms with E-state index < -0.39 is 0 Å². The van der Waals surface area contributed by atoms with E-state index in [2.05, 4.69) is 6.58 Å². The third-order valence-electron chi connectivity index (χ3n) is 2.53. The second-order valence-corrected chi connectivity index (χ2v) is 4.70. The Hall–Kier alpha value is -1.23. The number of nitrogen functional groups attached to an aromatic ring is 1. The fourth-order valence-corrected chi connectivity index (χ4v) is 2.01. The maximum atomic E-state index is 12.3. The number of nitrogens with zero attached hydrogens (tertiary/aromatic N) is 1. The summed E-state index contributed by atoms with van der Waals surface area (Å²) in [5.41, 5.74) is 6.30. The van der Waals surface area contributed by atoms with Crippen LogP contribution in [-0.2, 0) is 4.74 Å². The number of hydrogen-bond acceptors (Lipinski definition) is 3. The van der Waals surface area contributed by atoms with E-state index in [9.17, 15) is 4.79 Å². The van der Waals surface area contributed by atoms with Crippen LogP contribution in [0.1, 0.15) is 10.4 Å². The summed E-state index contributed by atoms with van der Waals surface area (Å²) < 4.78 is 4.97. The predicted molar refractivity (Wildman–Crippen MR) is 78.9 cm³/mol. The normalized spacial score (nSPS) is 10.3. The Morgan fingerprint density at radius 2 is 2.05 bits per heavy atom. The van der Waals surface area contributed by atoms with Crippen LogP contribution >= 0.6 is 23.2 Å². The maximum absolute atomic E-state index is 12.3. The standard InChI is InChI=1S/C13H16Cl2N2O2/c1-3-4-17(5-6-19-2)13(18)9-7-10(14)12(16)11(15)8-9/h3,7-8H,1,4-6,16H2,2H3. The van der Waals surface area contributed by atoms with Crippen molar-refractivity contribution in [2.45, 2.75) is 0 Å². The van der Waals surface area contributed by atoms with Gasteiger partial charge in [-0.05, 0) is 12.1 Å². The lowest BCUT2D eigenvalue weighted by Gasteiger charge is -2.21. The lowest BCUT2D eigenvalue weighted by Crippen LogP contribution is -2.34. The summed E-state index contributed by atoms with van der Waals surface area (Å²) in [6.45, 7) is 4.95. The molecule has 0 aromatic heterocycles. The van der Waals surface area contributed by atoms with Crippen molar-refractivity contribution < 1.29 is 9.53 Å². The molecule has 0 fully saturated rings. The van der Waals surface area contributed by atoms with Gasteiger partial charge in [0.2, 0.25) is 0 Å². The van der Waals surface area contributed by atoms with Crippen molar-refractivity contribution in [3.05, 3.63) is 40.4 Å². The molecule has 0 aliphatic rings. The van der Waals surface area contributed by atoms with Gasteiger partial charge < -0.3 is 15.4 Å². The van der Waals surface area contributed by atoms with Gasteiger partial charge in [-0.15, -0.1) is 6.58 Å². The highest BCUT2D eigenvalue weighted by molar-refractivity contribution is 6.39. The van der Waals surface area contributed by atoms with E-state index in [0.29, 0.717) is 25.3 Å². The average Bonchev–Trinajstić information content (AvgIpc) is 2.39. The van der Waals surface area contributed by atoms with Crippen LogP contribution < -0.4 is 5.73 Å². The minimum Gasteiger partial charge on any atom is -0.396 e. The Morgan fingerprint density at radius 1 is 1.47 bits per heavy atom. The van der Waals surface area contributed by atoms with Crippen molar-refractivity contribution in [2.24, 2.45) is 0 Å². The Balaban J connectivity index is 2.98. The van der Waals surface area contributed by atoms with Crippen LogP contribution in [0, 0.1) is 0 Å². The Kier molecular flexibility index (Phi) is 6.15. The van der Waals surface area contributed by atoms with Crippen LogP contribution in [0.5, 0.6) is 0 Å². The summed E-state index contributed by atoms with van der Waals surface area (Å²) in [6, 6.07) is 3.02. The highest BCUT2D eigenvalue weighted by Gasteiger charge is 2.17. The zero-order valence-electron chi connectivity index (χ0n) is 10.7. The zero-order chi connectivity index (χ0) is 14.4. The zero-order valence-corrected chi connectivity index (χ0v) is 12.2. The van der Waals surface area contributed by atoms with Crippen molar-refractivity contribution in [3.8, 4) is 0 Å². The van der Waals surface area contributed by atoms with Gasteiger partial charge in [0, 0.05) is 25.8 Å². The van der Waals surface area contributed by atoms with Crippen LogP contribution in [0.25, 0.3) is 0 Å². The van der Waals surface area contributed by atoms with Gasteiger partial charge in [0.1, 0.15) is 0 Å². The smallest absolute Gasteiger partial charge is 0.254 e. The van der Waals surface area contributed by atoms with E-state index in [1.807, 2.05) is 0 Å². The molecule has 1 aromatic rings. The van der Waals surface area contributed by atoms with E-state index in [0.717, 1.165) is 0 Å². The molecule has 0 heterocycles. The molecule has 0 spiro atoms. The summed E-state index contributed by atoms with van der Waals surface area (Å²) in [5.74, 6) is -0.194. The molecule has 0 aliphatic carbocycles. The number of nitrogens with two attached hydrogens (primary N) is 1. The first kappa shape index (κ1) is 15.8. The van der Waals surface area contributed by atoms with Crippen LogP contribution in [0.4, 0.5) is 5.69 Å². The number of hydrogen-bond donors (Lipinski definition) is 1. The van der Waals surface area contributed by atoms with Crippen molar-refractivity contribution in [1.29, 1.82) is 0 Å². The molecule has 0 saturated heterocycles. The minimum atomic E-state index is -0.194. The van der Waals surface area contributed by atoms with Gasteiger partial charge >= 0.3 is 0 Å². The van der Waals surface area contributed by atoms with Crippen molar-refractivity contribution in [2.75, 3.05) is 32.5 Å². The van der Waals surface area contributed by atoms with E-state index in [-0.39, 0.29) is 21.6 Å². The summed E-state index contributed by atoms with van der Waals surface area (Å²) in [4.78, 5) is 13.9. The number of benzene rings is 1. The molecular formula is C13H16Cl2N2O2. The molecule has 0 saturated carbocycles. The van der Waals surface area contributed by atoms with Gasteiger partial charge in [-0.25, -0.2) is 0 Å². The van der Waals surface area contributed by atoms with E-state index in [4.69, 9.17) is 33.7 Å². The molecule has 19 heavy (non-hydrogen) atoms. The average molecular weight is 303 g/mol. The van der Waals surface area contributed by atoms with Gasteiger partial charge in [-0.1, -0.05) is 29.3 Å². The second-order valence-electron chi connectivity index (χ2n) is 3.89. The fraction of sp³-hybridized carbons (Fsp3) is 0.308. The van der Waals surface area contributed by atoms with Crippen molar-refractivity contribution in [1.82, 2.24) is 4.90 Å². The number of carbonyl (C=O) groups excluding carboxylic acids is 1. The lowest BCUT2D eigenvalue weighted by molar-refractivity contribution is 0.0718.